The summed E-state index contributed by atoms with van der Waals surface area (Å²) in [5.74, 6) is 0. The van der Waals surface area contributed by atoms with Crippen LogP contribution in [0.25, 0.3) is 0 Å². The van der Waals surface area contributed by atoms with Gasteiger partial charge in [0.05, 0.1) is 0 Å². The van der Waals surface area contributed by atoms with Crippen LogP contribution in [-0.4, -0.2) is 30.2 Å². The number of rotatable bonds is 5. The van der Waals surface area contributed by atoms with E-state index in [0.29, 0.717) is 13.1 Å². The molecule has 0 aromatic carbocycles. The third kappa shape index (κ3) is 4.50. The summed E-state index contributed by atoms with van der Waals surface area (Å²) >= 11 is 0. The maximum Gasteiger partial charge on any atom is 0.488 e. The molecule has 6 heteroatoms. The Labute approximate surface area is 66.5 Å². The fourth-order valence-electron chi connectivity index (χ4n) is 0.518. The molecule has 11 heavy (non-hydrogen) atoms. The molecule has 0 aromatic heterocycles. The van der Waals surface area contributed by atoms with Crippen molar-refractivity contribution in [1.82, 2.24) is 5.06 Å². The molecule has 0 bridgehead atoms. The molecule has 1 unspecified atom stereocenters. The molecule has 0 amide bonds. The highest BCUT2D eigenvalue weighted by molar-refractivity contribution is 7.47. The van der Waals surface area contributed by atoms with Crippen LogP contribution >= 0.6 is 7.82 Å². The summed E-state index contributed by atoms with van der Waals surface area (Å²) in [6.45, 7) is 4.73. The first-order chi connectivity index (χ1) is 5.05. The van der Waals surface area contributed by atoms with Gasteiger partial charge in [-0.2, -0.15) is 9.69 Å². The highest BCUT2D eigenvalue weighted by Gasteiger charge is 2.21. The second-order valence-electron chi connectivity index (χ2n) is 1.85. The van der Waals surface area contributed by atoms with Crippen molar-refractivity contribution in [3.05, 3.63) is 0 Å². The summed E-state index contributed by atoms with van der Waals surface area (Å²) in [4.78, 5) is 8.83. The topological polar surface area (TPSA) is 59.0 Å². The number of nitrogens with zero attached hydrogens (tertiary/aromatic N) is 1. The maximum absolute atomic E-state index is 10.8. The molecule has 0 aliphatic carbocycles. The lowest BCUT2D eigenvalue weighted by Crippen LogP contribution is -2.22. The molecule has 0 aliphatic rings. The lowest BCUT2D eigenvalue weighted by Gasteiger charge is -2.19. The summed E-state index contributed by atoms with van der Waals surface area (Å²) in [6, 6.07) is 0. The quantitative estimate of drug-likeness (QED) is 0.509. The Morgan fingerprint density at radius 3 is 2.18 bits per heavy atom. The van der Waals surface area contributed by atoms with Gasteiger partial charge in [-0.05, 0) is 0 Å². The number of phosphoric acid groups is 1. The lowest BCUT2D eigenvalue weighted by atomic mass is 10.6. The van der Waals surface area contributed by atoms with Crippen molar-refractivity contribution in [3.8, 4) is 0 Å². The second kappa shape index (κ2) is 4.85. The van der Waals surface area contributed by atoms with E-state index >= 15 is 0 Å². The monoisotopic (exact) mass is 183 g/mol. The van der Waals surface area contributed by atoms with Crippen molar-refractivity contribution in [2.75, 3.05) is 20.2 Å². The van der Waals surface area contributed by atoms with Crippen LogP contribution < -0.4 is 0 Å². The molecule has 0 heterocycles. The Bertz CT molecular complexity index is 147. The smallest absolute Gasteiger partial charge is 0.302 e. The first kappa shape index (κ1) is 11.1. The van der Waals surface area contributed by atoms with Crippen LogP contribution in [0.15, 0.2) is 0 Å². The van der Waals surface area contributed by atoms with E-state index in [9.17, 15) is 4.57 Å². The van der Waals surface area contributed by atoms with Gasteiger partial charge in [-0.3, -0.25) is 4.52 Å². The number of hydrogen-bond donors (Lipinski definition) is 1. The fourth-order valence-corrected chi connectivity index (χ4v) is 1.11. The molecule has 5 nitrogen and oxygen atoms in total. The summed E-state index contributed by atoms with van der Waals surface area (Å²) < 4.78 is 19.6. The van der Waals surface area contributed by atoms with Crippen LogP contribution in [0, 0.1) is 0 Å². The van der Waals surface area contributed by atoms with Crippen LogP contribution in [0.2, 0.25) is 0 Å². The zero-order valence-electron chi connectivity index (χ0n) is 6.98. The fraction of sp³-hybridized carbons (Fsp3) is 1.00. The van der Waals surface area contributed by atoms with E-state index in [1.165, 1.54) is 5.06 Å². The van der Waals surface area contributed by atoms with Crippen molar-refractivity contribution < 1.29 is 18.6 Å². The van der Waals surface area contributed by atoms with Crippen molar-refractivity contribution in [2.24, 2.45) is 0 Å². The Balaban J connectivity index is 3.90. The Morgan fingerprint density at radius 2 is 1.91 bits per heavy atom. The van der Waals surface area contributed by atoms with Gasteiger partial charge in [0.15, 0.2) is 0 Å². The van der Waals surface area contributed by atoms with Gasteiger partial charge in [0.2, 0.25) is 0 Å². The van der Waals surface area contributed by atoms with Crippen molar-refractivity contribution in [2.45, 2.75) is 13.8 Å². The van der Waals surface area contributed by atoms with Crippen LogP contribution in [0.5, 0.6) is 0 Å². The Kier molecular flexibility index (Phi) is 4.88. The summed E-state index contributed by atoms with van der Waals surface area (Å²) in [6.07, 6.45) is 0. The molecule has 1 atom stereocenters. The van der Waals surface area contributed by atoms with E-state index in [1.54, 1.807) is 0 Å². The van der Waals surface area contributed by atoms with Crippen LogP contribution in [-0.2, 0) is 13.7 Å². The molecular formula is C5H14NO4P. The van der Waals surface area contributed by atoms with Gasteiger partial charge in [-0.25, -0.2) is 4.57 Å². The zero-order valence-corrected chi connectivity index (χ0v) is 7.88. The standard InChI is InChI=1S/C5H14NO4P/c1-4-6(5-2)10-11(7,8)9-3/h4-5H2,1-3H3,(H,7,8). The minimum Gasteiger partial charge on any atom is -0.302 e. The summed E-state index contributed by atoms with van der Waals surface area (Å²) in [5, 5.41) is 1.35. The van der Waals surface area contributed by atoms with Gasteiger partial charge in [-0.15, -0.1) is 0 Å². The van der Waals surface area contributed by atoms with Crippen molar-refractivity contribution >= 4 is 7.82 Å². The normalized spacial score (nSPS) is 16.8. The molecule has 0 fully saturated rings. The highest BCUT2D eigenvalue weighted by Crippen LogP contribution is 2.42. The van der Waals surface area contributed by atoms with Gasteiger partial charge in [0.1, 0.15) is 0 Å². The molecule has 1 N–H and O–H groups in total. The van der Waals surface area contributed by atoms with Crippen LogP contribution in [0.3, 0.4) is 0 Å². The van der Waals surface area contributed by atoms with Crippen molar-refractivity contribution in [1.29, 1.82) is 0 Å². The van der Waals surface area contributed by atoms with Gasteiger partial charge in [-0.1, -0.05) is 13.8 Å². The largest absolute Gasteiger partial charge is 0.488 e. The van der Waals surface area contributed by atoms with Crippen LogP contribution in [0.4, 0.5) is 0 Å². The average Bonchev–Trinajstić information content (AvgIpc) is 2.00. The molecule has 0 saturated heterocycles. The van der Waals surface area contributed by atoms with Gasteiger partial charge >= 0.3 is 7.82 Å². The van der Waals surface area contributed by atoms with E-state index in [4.69, 9.17) is 4.89 Å². The average molecular weight is 183 g/mol. The Morgan fingerprint density at radius 1 is 1.45 bits per heavy atom. The first-order valence-corrected chi connectivity index (χ1v) is 4.88. The second-order valence-corrected chi connectivity index (χ2v) is 3.31. The zero-order chi connectivity index (χ0) is 8.91. The molecule has 0 radical (unpaired) electrons. The lowest BCUT2D eigenvalue weighted by molar-refractivity contribution is -0.0757. The number of hydroxylamine groups is 2. The maximum atomic E-state index is 10.8. The third-order valence-electron chi connectivity index (χ3n) is 1.15. The van der Waals surface area contributed by atoms with E-state index in [2.05, 4.69) is 9.15 Å². The highest BCUT2D eigenvalue weighted by atomic mass is 31.2. The minimum absolute atomic E-state index is 0.546. The predicted octanol–water partition coefficient (Wildman–Crippen LogP) is 1.01. The number of hydrogen-bond acceptors (Lipinski definition) is 4. The van der Waals surface area contributed by atoms with Gasteiger partial charge < -0.3 is 4.89 Å². The SMILES string of the molecule is CCN(CC)OP(=O)(O)OC. The first-order valence-electron chi connectivity index (χ1n) is 3.39. The summed E-state index contributed by atoms with van der Waals surface area (Å²) in [7, 11) is -2.71. The summed E-state index contributed by atoms with van der Waals surface area (Å²) in [5.41, 5.74) is 0. The van der Waals surface area contributed by atoms with Gasteiger partial charge in [0, 0.05) is 20.2 Å². The third-order valence-corrected chi connectivity index (χ3v) is 2.05. The van der Waals surface area contributed by atoms with E-state index in [0.717, 1.165) is 7.11 Å². The van der Waals surface area contributed by atoms with E-state index in [-0.39, 0.29) is 0 Å². The molecule has 0 saturated carbocycles. The molecule has 0 spiro atoms. The van der Waals surface area contributed by atoms with Gasteiger partial charge in [0.25, 0.3) is 0 Å². The van der Waals surface area contributed by atoms with Crippen LogP contribution in [0.1, 0.15) is 13.8 Å². The molecule has 68 valence electrons. The molecule has 0 aliphatic heterocycles. The minimum atomic E-state index is -3.84. The predicted molar refractivity (Wildman–Crippen MR) is 40.8 cm³/mol. The number of phosphoric ester groups is 1. The molecular weight excluding hydrogens is 169 g/mol. The molecule has 0 rings (SSSR count). The molecule has 0 aromatic rings. The van der Waals surface area contributed by atoms with E-state index < -0.39 is 7.82 Å². The Hall–Kier alpha value is 0.0700. The van der Waals surface area contributed by atoms with Crippen molar-refractivity contribution in [3.63, 3.8) is 0 Å². The van der Waals surface area contributed by atoms with E-state index in [1.807, 2.05) is 13.8 Å².